The van der Waals surface area contributed by atoms with E-state index in [2.05, 4.69) is 15.8 Å². The minimum Gasteiger partial charge on any atom is -0.489 e. The average molecular weight is 419 g/mol. The van der Waals surface area contributed by atoms with E-state index in [1.165, 1.54) is 12.3 Å². The van der Waals surface area contributed by atoms with Crippen molar-refractivity contribution in [2.24, 2.45) is 5.10 Å². The maximum atomic E-state index is 13.6. The molecule has 3 rings (SSSR count). The van der Waals surface area contributed by atoms with Gasteiger partial charge in [-0.15, -0.1) is 0 Å². The van der Waals surface area contributed by atoms with E-state index in [-0.39, 0.29) is 12.4 Å². The quantitative estimate of drug-likeness (QED) is 0.334. The van der Waals surface area contributed by atoms with Crippen LogP contribution in [0.1, 0.15) is 16.7 Å². The summed E-state index contributed by atoms with van der Waals surface area (Å²) < 4.78 is 19.2. The molecule has 6 nitrogen and oxygen atoms in total. The summed E-state index contributed by atoms with van der Waals surface area (Å²) in [5, 5.41) is 6.34. The molecule has 0 heterocycles. The fraction of sp³-hybridized carbons (Fsp3) is 0.125. The molecule has 0 aliphatic heterocycles. The van der Waals surface area contributed by atoms with E-state index in [9.17, 15) is 14.0 Å². The number of hydrazone groups is 1. The molecule has 2 amide bonds. The minimum atomic E-state index is -0.839. The van der Waals surface area contributed by atoms with Crippen LogP contribution in [0.4, 0.5) is 4.39 Å². The third kappa shape index (κ3) is 7.08. The fourth-order valence-corrected chi connectivity index (χ4v) is 2.69. The van der Waals surface area contributed by atoms with E-state index in [0.29, 0.717) is 29.8 Å². The van der Waals surface area contributed by atoms with Crippen molar-refractivity contribution in [3.05, 3.63) is 101 Å². The molecule has 0 bridgehead atoms. The van der Waals surface area contributed by atoms with Crippen molar-refractivity contribution in [3.63, 3.8) is 0 Å². The van der Waals surface area contributed by atoms with Gasteiger partial charge in [0.25, 0.3) is 0 Å². The van der Waals surface area contributed by atoms with Crippen LogP contribution in [0.5, 0.6) is 5.75 Å². The lowest BCUT2D eigenvalue weighted by atomic mass is 10.1. The summed E-state index contributed by atoms with van der Waals surface area (Å²) in [4.78, 5) is 23.6. The van der Waals surface area contributed by atoms with Crippen molar-refractivity contribution in [1.29, 1.82) is 0 Å². The lowest BCUT2D eigenvalue weighted by Crippen LogP contribution is -2.38. The maximum Gasteiger partial charge on any atom is 0.329 e. The highest BCUT2D eigenvalue weighted by molar-refractivity contribution is 6.35. The van der Waals surface area contributed by atoms with Crippen molar-refractivity contribution in [2.45, 2.75) is 13.0 Å². The predicted molar refractivity (Wildman–Crippen MR) is 116 cm³/mol. The molecule has 0 radical (unpaired) electrons. The van der Waals surface area contributed by atoms with Crippen molar-refractivity contribution in [1.82, 2.24) is 10.7 Å². The molecule has 0 fully saturated rings. The summed E-state index contributed by atoms with van der Waals surface area (Å²) in [7, 11) is 0. The van der Waals surface area contributed by atoms with E-state index in [1.54, 1.807) is 42.5 Å². The monoisotopic (exact) mass is 419 g/mol. The van der Waals surface area contributed by atoms with Crippen molar-refractivity contribution < 1.29 is 18.7 Å². The summed E-state index contributed by atoms with van der Waals surface area (Å²) in [6.45, 7) is 0.476. The van der Waals surface area contributed by atoms with Crippen molar-refractivity contribution in [3.8, 4) is 5.75 Å². The Bertz CT molecular complexity index is 1040. The molecular weight excluding hydrogens is 397 g/mol. The third-order valence-electron chi connectivity index (χ3n) is 4.36. The molecule has 3 aromatic rings. The first kappa shape index (κ1) is 21.7. The van der Waals surface area contributed by atoms with E-state index in [4.69, 9.17) is 4.74 Å². The highest BCUT2D eigenvalue weighted by Crippen LogP contribution is 2.15. The molecule has 0 aromatic heterocycles. The normalized spacial score (nSPS) is 10.6. The first-order chi connectivity index (χ1) is 15.1. The largest absolute Gasteiger partial charge is 0.489 e. The molecule has 7 heteroatoms. The number of carbonyl (C=O) groups excluding carboxylic acids is 2. The van der Waals surface area contributed by atoms with Crippen LogP contribution >= 0.6 is 0 Å². The lowest BCUT2D eigenvalue weighted by Gasteiger charge is -2.07. The Morgan fingerprint density at radius 2 is 1.61 bits per heavy atom. The van der Waals surface area contributed by atoms with E-state index in [1.807, 2.05) is 30.3 Å². The minimum absolute atomic E-state index is 0.121. The SMILES string of the molecule is O=C(NCCc1ccccc1)C(=O)N/N=C\c1ccc(OCc2ccccc2F)cc1. The van der Waals surface area contributed by atoms with Gasteiger partial charge < -0.3 is 10.1 Å². The molecule has 31 heavy (non-hydrogen) atoms. The standard InChI is InChI=1S/C24H22FN3O3/c25-22-9-5-4-8-20(22)17-31-21-12-10-19(11-13-21)16-27-28-24(30)23(29)26-15-14-18-6-2-1-3-7-18/h1-13,16H,14-15,17H2,(H,26,29)(H,28,30)/b27-16-. The molecule has 2 N–H and O–H groups in total. The zero-order chi connectivity index (χ0) is 21.9. The Hall–Kier alpha value is -4.00. The smallest absolute Gasteiger partial charge is 0.329 e. The molecule has 0 atom stereocenters. The molecule has 0 aliphatic carbocycles. The van der Waals surface area contributed by atoms with Crippen LogP contribution in [0.15, 0.2) is 84.0 Å². The highest BCUT2D eigenvalue weighted by Gasteiger charge is 2.11. The van der Waals surface area contributed by atoms with Gasteiger partial charge in [0, 0.05) is 12.1 Å². The van der Waals surface area contributed by atoms with Gasteiger partial charge in [-0.3, -0.25) is 9.59 Å². The van der Waals surface area contributed by atoms with Crippen molar-refractivity contribution in [2.75, 3.05) is 6.54 Å². The Balaban J connectivity index is 1.40. The average Bonchev–Trinajstić information content (AvgIpc) is 2.80. The number of amides is 2. The lowest BCUT2D eigenvalue weighted by molar-refractivity contribution is -0.139. The number of halogens is 1. The zero-order valence-electron chi connectivity index (χ0n) is 16.8. The van der Waals surface area contributed by atoms with E-state index >= 15 is 0 Å². The molecule has 0 aliphatic rings. The number of nitrogens with zero attached hydrogens (tertiary/aromatic N) is 1. The van der Waals surface area contributed by atoms with E-state index in [0.717, 1.165) is 5.56 Å². The van der Waals surface area contributed by atoms with Gasteiger partial charge in [0.15, 0.2) is 0 Å². The second-order valence-corrected chi connectivity index (χ2v) is 6.64. The summed E-state index contributed by atoms with van der Waals surface area (Å²) >= 11 is 0. The number of benzene rings is 3. The van der Waals surface area contributed by atoms with Crippen LogP contribution in [0.3, 0.4) is 0 Å². The van der Waals surface area contributed by atoms with Crippen LogP contribution in [-0.2, 0) is 22.6 Å². The Morgan fingerprint density at radius 1 is 0.903 bits per heavy atom. The van der Waals surface area contributed by atoms with Crippen LogP contribution in [0.2, 0.25) is 0 Å². The number of rotatable bonds is 8. The highest BCUT2D eigenvalue weighted by atomic mass is 19.1. The van der Waals surface area contributed by atoms with Gasteiger partial charge in [-0.25, -0.2) is 9.82 Å². The first-order valence-electron chi connectivity index (χ1n) is 9.73. The molecule has 0 unspecified atom stereocenters. The Morgan fingerprint density at radius 3 is 2.35 bits per heavy atom. The van der Waals surface area contributed by atoms with Gasteiger partial charge in [0.1, 0.15) is 18.2 Å². The van der Waals surface area contributed by atoms with Gasteiger partial charge in [-0.05, 0) is 47.9 Å². The summed E-state index contributed by atoms with van der Waals surface area (Å²) in [5.74, 6) is -1.33. The van der Waals surface area contributed by atoms with Crippen molar-refractivity contribution >= 4 is 18.0 Å². The molecular formula is C24H22FN3O3. The second-order valence-electron chi connectivity index (χ2n) is 6.64. The summed E-state index contributed by atoms with van der Waals surface area (Å²) in [5.41, 5.74) is 4.43. The van der Waals surface area contributed by atoms with Crippen LogP contribution < -0.4 is 15.5 Å². The number of ether oxygens (including phenoxy) is 1. The Kier molecular flexibility index (Phi) is 7.88. The van der Waals surface area contributed by atoms with Gasteiger partial charge in [0.2, 0.25) is 0 Å². The topological polar surface area (TPSA) is 79.8 Å². The number of nitrogens with one attached hydrogen (secondary N) is 2. The van der Waals surface area contributed by atoms with Gasteiger partial charge in [0.05, 0.1) is 6.21 Å². The zero-order valence-corrected chi connectivity index (χ0v) is 16.8. The van der Waals surface area contributed by atoms with Crippen LogP contribution in [0, 0.1) is 5.82 Å². The predicted octanol–water partition coefficient (Wildman–Crippen LogP) is 3.21. The van der Waals surface area contributed by atoms with Gasteiger partial charge in [-0.2, -0.15) is 5.10 Å². The van der Waals surface area contributed by atoms with Gasteiger partial charge in [-0.1, -0.05) is 48.5 Å². The number of hydrogen-bond acceptors (Lipinski definition) is 4. The molecule has 158 valence electrons. The molecule has 0 saturated heterocycles. The molecule has 0 spiro atoms. The third-order valence-corrected chi connectivity index (χ3v) is 4.36. The summed E-state index contributed by atoms with van der Waals surface area (Å²) in [6.07, 6.45) is 2.05. The van der Waals surface area contributed by atoms with Crippen LogP contribution in [-0.4, -0.2) is 24.6 Å². The molecule has 0 saturated carbocycles. The Labute approximate surface area is 179 Å². The summed E-state index contributed by atoms with van der Waals surface area (Å²) in [6, 6.07) is 23.0. The maximum absolute atomic E-state index is 13.6. The van der Waals surface area contributed by atoms with Gasteiger partial charge >= 0.3 is 11.8 Å². The second kappa shape index (κ2) is 11.3. The number of carbonyl (C=O) groups is 2. The number of hydrogen-bond donors (Lipinski definition) is 2. The fourth-order valence-electron chi connectivity index (χ4n) is 2.69. The van der Waals surface area contributed by atoms with Crippen LogP contribution in [0.25, 0.3) is 0 Å². The van der Waals surface area contributed by atoms with E-state index < -0.39 is 11.8 Å². The first-order valence-corrected chi connectivity index (χ1v) is 9.73. The molecule has 3 aromatic carbocycles.